The van der Waals surface area contributed by atoms with Gasteiger partial charge in [0.2, 0.25) is 5.91 Å². The van der Waals surface area contributed by atoms with E-state index in [0.717, 1.165) is 34.6 Å². The molecule has 0 saturated carbocycles. The maximum atomic E-state index is 12.0. The molecule has 1 heterocycles. The normalized spacial score (nSPS) is 16.1. The van der Waals surface area contributed by atoms with Crippen LogP contribution in [-0.4, -0.2) is 32.8 Å². The van der Waals surface area contributed by atoms with Crippen molar-refractivity contribution in [2.24, 2.45) is 5.92 Å². The van der Waals surface area contributed by atoms with Crippen LogP contribution < -0.4 is 19.5 Å². The summed E-state index contributed by atoms with van der Waals surface area (Å²) in [5.74, 6) is 2.23. The van der Waals surface area contributed by atoms with Crippen LogP contribution >= 0.6 is 11.6 Å². The topological polar surface area (TPSA) is 56.8 Å². The van der Waals surface area contributed by atoms with Gasteiger partial charge in [0.15, 0.2) is 0 Å². The van der Waals surface area contributed by atoms with E-state index in [-0.39, 0.29) is 17.9 Å². The van der Waals surface area contributed by atoms with E-state index >= 15 is 0 Å². The van der Waals surface area contributed by atoms with Crippen LogP contribution in [0.25, 0.3) is 11.1 Å². The van der Waals surface area contributed by atoms with Gasteiger partial charge in [-0.05, 0) is 42.3 Å². The molecular weight excluding hydrogens is 378 g/mol. The Balaban J connectivity index is 1.81. The quantitative estimate of drug-likeness (QED) is 0.740. The van der Waals surface area contributed by atoms with Crippen LogP contribution in [-0.2, 0) is 11.2 Å². The van der Waals surface area contributed by atoms with E-state index in [1.165, 1.54) is 0 Å². The lowest BCUT2D eigenvalue weighted by Gasteiger charge is -2.14. The Hall–Kier alpha value is -2.40. The van der Waals surface area contributed by atoms with Gasteiger partial charge >= 0.3 is 0 Å². The van der Waals surface area contributed by atoms with Gasteiger partial charge in [-0.25, -0.2) is 0 Å². The van der Waals surface area contributed by atoms with E-state index in [9.17, 15) is 4.79 Å². The van der Waals surface area contributed by atoms with Crippen LogP contribution in [0.15, 0.2) is 30.3 Å². The van der Waals surface area contributed by atoms with Crippen molar-refractivity contribution in [3.8, 4) is 28.4 Å². The van der Waals surface area contributed by atoms with E-state index in [0.29, 0.717) is 23.7 Å². The van der Waals surface area contributed by atoms with Crippen molar-refractivity contribution in [3.63, 3.8) is 0 Å². The Morgan fingerprint density at radius 3 is 2.75 bits per heavy atom. The molecule has 150 valence electrons. The molecule has 0 saturated heterocycles. The number of carbonyl (C=O) groups is 1. The van der Waals surface area contributed by atoms with Crippen LogP contribution in [0.3, 0.4) is 0 Å². The summed E-state index contributed by atoms with van der Waals surface area (Å²) in [6.07, 6.45) is 1.38. The number of nitrogens with one attached hydrogen (secondary N) is 1. The standard InChI is InChI=1S/C22H26ClNO4/c1-5-13(2)22(25)24-12-17-9-15-8-14(10-19(23)21(15)28-17)18-11-16(26-3)6-7-20(18)27-4/h6-8,10-11,13,17H,5,9,12H2,1-4H3,(H,24,25)/t13-,17-/m0/s1. The summed E-state index contributed by atoms with van der Waals surface area (Å²) in [4.78, 5) is 12.0. The summed E-state index contributed by atoms with van der Waals surface area (Å²) in [5, 5.41) is 3.51. The van der Waals surface area contributed by atoms with Gasteiger partial charge in [0.1, 0.15) is 23.4 Å². The van der Waals surface area contributed by atoms with Crippen molar-refractivity contribution in [3.05, 3.63) is 40.9 Å². The first-order valence-electron chi connectivity index (χ1n) is 9.46. The van der Waals surface area contributed by atoms with E-state index in [4.69, 9.17) is 25.8 Å². The second-order valence-electron chi connectivity index (χ2n) is 7.01. The lowest BCUT2D eigenvalue weighted by molar-refractivity contribution is -0.124. The van der Waals surface area contributed by atoms with Gasteiger partial charge in [-0.3, -0.25) is 4.79 Å². The molecule has 1 N–H and O–H groups in total. The molecule has 1 aliphatic heterocycles. The number of carbonyl (C=O) groups excluding carboxylic acids is 1. The summed E-state index contributed by atoms with van der Waals surface area (Å²) >= 11 is 6.51. The zero-order valence-electron chi connectivity index (χ0n) is 16.7. The largest absolute Gasteiger partial charge is 0.497 e. The molecule has 28 heavy (non-hydrogen) atoms. The Kier molecular flexibility index (Phi) is 6.35. The monoisotopic (exact) mass is 403 g/mol. The third-order valence-electron chi connectivity index (χ3n) is 5.13. The van der Waals surface area contributed by atoms with Gasteiger partial charge in [-0.2, -0.15) is 0 Å². The Labute approximate surface area is 170 Å². The van der Waals surface area contributed by atoms with E-state index in [1.807, 2.05) is 38.1 Å². The number of rotatable bonds is 7. The number of methoxy groups -OCH3 is 2. The average molecular weight is 404 g/mol. The maximum absolute atomic E-state index is 12.0. The molecule has 2 aromatic rings. The number of hydrogen-bond donors (Lipinski definition) is 1. The number of hydrogen-bond acceptors (Lipinski definition) is 4. The molecule has 6 heteroatoms. The summed E-state index contributed by atoms with van der Waals surface area (Å²) in [5.41, 5.74) is 2.86. The van der Waals surface area contributed by atoms with Crippen LogP contribution in [0.1, 0.15) is 25.8 Å². The molecule has 0 aliphatic carbocycles. The number of fused-ring (bicyclic) bond motifs is 1. The molecule has 3 rings (SSSR count). The minimum absolute atomic E-state index is 0.000468. The van der Waals surface area contributed by atoms with Gasteiger partial charge < -0.3 is 19.5 Å². The molecule has 0 radical (unpaired) electrons. The first-order chi connectivity index (χ1) is 13.5. The molecule has 1 amide bonds. The second-order valence-corrected chi connectivity index (χ2v) is 7.42. The van der Waals surface area contributed by atoms with E-state index < -0.39 is 0 Å². The zero-order chi connectivity index (χ0) is 20.3. The predicted molar refractivity (Wildman–Crippen MR) is 111 cm³/mol. The third-order valence-corrected chi connectivity index (χ3v) is 5.41. The summed E-state index contributed by atoms with van der Waals surface area (Å²) in [6, 6.07) is 9.60. The molecule has 0 aromatic heterocycles. The van der Waals surface area contributed by atoms with E-state index in [2.05, 4.69) is 11.4 Å². The van der Waals surface area contributed by atoms with Gasteiger partial charge in [-0.1, -0.05) is 25.4 Å². The lowest BCUT2D eigenvalue weighted by atomic mass is 9.99. The molecule has 0 spiro atoms. The molecule has 1 aliphatic rings. The second kappa shape index (κ2) is 8.74. The summed E-state index contributed by atoms with van der Waals surface area (Å²) in [6.45, 7) is 4.39. The van der Waals surface area contributed by atoms with Gasteiger partial charge in [0, 0.05) is 23.5 Å². The predicted octanol–water partition coefficient (Wildman–Crippen LogP) is 4.49. The number of halogens is 1. The van der Waals surface area contributed by atoms with Gasteiger partial charge in [0.05, 0.1) is 25.8 Å². The Morgan fingerprint density at radius 1 is 1.29 bits per heavy atom. The fourth-order valence-electron chi connectivity index (χ4n) is 3.27. The molecule has 2 aromatic carbocycles. The van der Waals surface area contributed by atoms with Crippen LogP contribution in [0.5, 0.6) is 17.2 Å². The molecule has 2 atom stereocenters. The van der Waals surface area contributed by atoms with Crippen LogP contribution in [0.4, 0.5) is 0 Å². The van der Waals surface area contributed by atoms with Crippen molar-refractivity contribution < 1.29 is 19.0 Å². The van der Waals surface area contributed by atoms with Crippen LogP contribution in [0, 0.1) is 5.92 Å². The van der Waals surface area contributed by atoms with Crippen molar-refractivity contribution >= 4 is 17.5 Å². The average Bonchev–Trinajstić information content (AvgIpc) is 3.14. The van der Waals surface area contributed by atoms with Crippen LogP contribution in [0.2, 0.25) is 5.02 Å². The minimum Gasteiger partial charge on any atom is -0.497 e. The van der Waals surface area contributed by atoms with Crippen molar-refractivity contribution in [1.82, 2.24) is 5.32 Å². The molecule has 0 fully saturated rings. The van der Waals surface area contributed by atoms with Gasteiger partial charge in [-0.15, -0.1) is 0 Å². The minimum atomic E-state index is -0.122. The molecule has 0 unspecified atom stereocenters. The summed E-state index contributed by atoms with van der Waals surface area (Å²) < 4.78 is 16.8. The molecule has 5 nitrogen and oxygen atoms in total. The highest BCUT2D eigenvalue weighted by Gasteiger charge is 2.27. The van der Waals surface area contributed by atoms with Crippen molar-refractivity contribution in [1.29, 1.82) is 0 Å². The fraction of sp³-hybridized carbons (Fsp3) is 0.409. The first-order valence-corrected chi connectivity index (χ1v) is 9.83. The Bertz CT molecular complexity index is 868. The molecule has 0 bridgehead atoms. The van der Waals surface area contributed by atoms with Gasteiger partial charge in [0.25, 0.3) is 0 Å². The number of ether oxygens (including phenoxy) is 3. The number of amides is 1. The maximum Gasteiger partial charge on any atom is 0.222 e. The SMILES string of the molecule is CC[C@H](C)C(=O)NC[C@@H]1Cc2cc(-c3cc(OC)ccc3OC)cc(Cl)c2O1. The summed E-state index contributed by atoms with van der Waals surface area (Å²) in [7, 11) is 3.27. The fourth-order valence-corrected chi connectivity index (χ4v) is 3.55. The highest BCUT2D eigenvalue weighted by Crippen LogP contribution is 2.42. The first kappa shape index (κ1) is 20.3. The third kappa shape index (κ3) is 4.20. The Morgan fingerprint density at radius 2 is 2.07 bits per heavy atom. The van der Waals surface area contributed by atoms with E-state index in [1.54, 1.807) is 14.2 Å². The smallest absolute Gasteiger partial charge is 0.222 e. The highest BCUT2D eigenvalue weighted by atomic mass is 35.5. The van der Waals surface area contributed by atoms with Crippen molar-refractivity contribution in [2.75, 3.05) is 20.8 Å². The van der Waals surface area contributed by atoms with Crippen molar-refractivity contribution in [2.45, 2.75) is 32.8 Å². The lowest BCUT2D eigenvalue weighted by Crippen LogP contribution is -2.37. The zero-order valence-corrected chi connectivity index (χ0v) is 17.4. The number of benzene rings is 2. The molecular formula is C22H26ClNO4. The highest BCUT2D eigenvalue weighted by molar-refractivity contribution is 6.32.